The summed E-state index contributed by atoms with van der Waals surface area (Å²) in [5, 5.41) is 10.4. The number of hydrogen-bond donors (Lipinski definition) is 1. The van der Waals surface area contributed by atoms with Gasteiger partial charge in [0.05, 0.1) is 16.8 Å². The van der Waals surface area contributed by atoms with Crippen molar-refractivity contribution in [2.75, 3.05) is 6.67 Å². The molecule has 3 heterocycles. The summed E-state index contributed by atoms with van der Waals surface area (Å²) in [7, 11) is 0. The molecular weight excluding hydrogens is 404 g/mol. The smallest absolute Gasteiger partial charge is 0.155 e. The van der Waals surface area contributed by atoms with Gasteiger partial charge in [-0.15, -0.1) is 0 Å². The number of nitrogens with zero attached hydrogens (tertiary/aromatic N) is 4. The van der Waals surface area contributed by atoms with Crippen LogP contribution >= 0.6 is 11.8 Å². The quantitative estimate of drug-likeness (QED) is 0.691. The molecule has 1 saturated carbocycles. The number of rotatable bonds is 4. The number of aromatic nitrogens is 2. The fraction of sp³-hybridized carbons (Fsp3) is 0.273. The molecule has 0 amide bonds. The Morgan fingerprint density at radius 1 is 1.27 bits per heavy atom. The first-order valence-corrected chi connectivity index (χ1v) is 10.4. The van der Waals surface area contributed by atoms with Crippen LogP contribution in [0.2, 0.25) is 0 Å². The molecule has 5 nitrogen and oxygen atoms in total. The molecule has 1 aliphatic heterocycles. The molecule has 5 rings (SSSR count). The van der Waals surface area contributed by atoms with E-state index in [0.29, 0.717) is 28.4 Å². The van der Waals surface area contributed by atoms with E-state index in [1.165, 1.54) is 24.0 Å². The van der Waals surface area contributed by atoms with Gasteiger partial charge in [-0.05, 0) is 36.2 Å². The molecule has 8 heteroatoms. The second-order valence-electron chi connectivity index (χ2n) is 7.66. The fourth-order valence-corrected chi connectivity index (χ4v) is 5.46. The first-order chi connectivity index (χ1) is 14.5. The highest BCUT2D eigenvalue weighted by molar-refractivity contribution is 8.14. The van der Waals surface area contributed by atoms with Gasteiger partial charge in [0.25, 0.3) is 0 Å². The number of alkyl halides is 1. The standard InChI is InChI=1S/C22H17F2N5S/c23-11-22(16-8-19(16)30-21(26)29-22)15-6-12(1-2-17(15)24)7-18-20-14(3-4-27-18)5-13(9-25)10-28-20/h1-6,10,16,19H,7-8,11H2,(H2,26,29)/t16-,19+,22-/m1/s1. The minimum absolute atomic E-state index is 0.0497. The fourth-order valence-electron chi connectivity index (χ4n) is 4.24. The Balaban J connectivity index is 1.56. The summed E-state index contributed by atoms with van der Waals surface area (Å²) in [6.07, 6.45) is 4.34. The number of benzene rings is 1. The van der Waals surface area contributed by atoms with Crippen LogP contribution in [0.15, 0.2) is 47.7 Å². The Morgan fingerprint density at radius 2 is 2.13 bits per heavy atom. The summed E-state index contributed by atoms with van der Waals surface area (Å²) >= 11 is 1.44. The zero-order valence-electron chi connectivity index (χ0n) is 15.8. The highest BCUT2D eigenvalue weighted by Crippen LogP contribution is 2.58. The number of nitriles is 1. The van der Waals surface area contributed by atoms with Crippen molar-refractivity contribution in [2.24, 2.45) is 16.6 Å². The van der Waals surface area contributed by atoms with E-state index in [-0.39, 0.29) is 16.7 Å². The van der Waals surface area contributed by atoms with Gasteiger partial charge in [-0.25, -0.2) is 13.8 Å². The molecular formula is C22H17F2N5S. The van der Waals surface area contributed by atoms with Gasteiger partial charge in [0.2, 0.25) is 0 Å². The number of hydrogen-bond acceptors (Lipinski definition) is 6. The van der Waals surface area contributed by atoms with Crippen LogP contribution in [0.25, 0.3) is 10.9 Å². The molecule has 2 N–H and O–H groups in total. The zero-order chi connectivity index (χ0) is 20.9. The monoisotopic (exact) mass is 421 g/mol. The Morgan fingerprint density at radius 3 is 2.93 bits per heavy atom. The van der Waals surface area contributed by atoms with Crippen LogP contribution in [0.1, 0.15) is 28.8 Å². The van der Waals surface area contributed by atoms with E-state index in [4.69, 9.17) is 11.0 Å². The minimum atomic E-state index is -1.26. The second kappa shape index (κ2) is 7.03. The predicted octanol–water partition coefficient (Wildman–Crippen LogP) is 3.85. The molecule has 1 fully saturated rings. The van der Waals surface area contributed by atoms with Gasteiger partial charge in [0.15, 0.2) is 5.17 Å². The molecule has 1 aliphatic carbocycles. The number of thioether (sulfide) groups is 1. The van der Waals surface area contributed by atoms with Gasteiger partial charge in [0, 0.05) is 40.9 Å². The van der Waals surface area contributed by atoms with E-state index >= 15 is 0 Å². The molecule has 2 aromatic heterocycles. The molecule has 0 bridgehead atoms. The molecule has 30 heavy (non-hydrogen) atoms. The topological polar surface area (TPSA) is 88.0 Å². The average molecular weight is 421 g/mol. The first-order valence-electron chi connectivity index (χ1n) is 9.54. The Kier molecular flexibility index (Phi) is 4.44. The lowest BCUT2D eigenvalue weighted by Crippen LogP contribution is -2.36. The van der Waals surface area contributed by atoms with E-state index in [1.807, 2.05) is 0 Å². The normalized spacial score (nSPS) is 24.8. The maximum absolute atomic E-state index is 14.8. The van der Waals surface area contributed by atoms with E-state index in [1.54, 1.807) is 30.5 Å². The molecule has 1 aromatic carbocycles. The maximum Gasteiger partial charge on any atom is 0.155 e. The van der Waals surface area contributed by atoms with Crippen molar-refractivity contribution in [1.29, 1.82) is 5.26 Å². The van der Waals surface area contributed by atoms with E-state index in [0.717, 1.165) is 17.4 Å². The van der Waals surface area contributed by atoms with Crippen molar-refractivity contribution in [3.05, 3.63) is 70.9 Å². The summed E-state index contributed by atoms with van der Waals surface area (Å²) in [4.78, 5) is 13.2. The lowest BCUT2D eigenvalue weighted by molar-refractivity contribution is 0.271. The highest BCUT2D eigenvalue weighted by atomic mass is 32.2. The van der Waals surface area contributed by atoms with Crippen molar-refractivity contribution in [2.45, 2.75) is 23.6 Å². The molecule has 0 unspecified atom stereocenters. The molecule has 0 saturated heterocycles. The zero-order valence-corrected chi connectivity index (χ0v) is 16.7. The van der Waals surface area contributed by atoms with Crippen LogP contribution in [0, 0.1) is 23.1 Å². The number of fused-ring (bicyclic) bond motifs is 2. The number of nitrogens with two attached hydrogens (primary N) is 1. The van der Waals surface area contributed by atoms with Crippen molar-refractivity contribution in [3.8, 4) is 6.07 Å². The SMILES string of the molecule is N#Cc1cnc2c(Cc3ccc(F)c([C@@]4(CF)N=C(N)S[C@H]5C[C@H]54)c3)nccc2c1. The molecule has 150 valence electrons. The third kappa shape index (κ3) is 3.01. The summed E-state index contributed by atoms with van der Waals surface area (Å²) in [5.74, 6) is -0.528. The number of pyridine rings is 2. The molecule has 0 spiro atoms. The summed E-state index contributed by atoms with van der Waals surface area (Å²) in [6.45, 7) is -0.791. The van der Waals surface area contributed by atoms with Gasteiger partial charge >= 0.3 is 0 Å². The van der Waals surface area contributed by atoms with E-state index < -0.39 is 18.0 Å². The predicted molar refractivity (Wildman–Crippen MR) is 112 cm³/mol. The van der Waals surface area contributed by atoms with Crippen molar-refractivity contribution in [1.82, 2.24) is 9.97 Å². The van der Waals surface area contributed by atoms with Crippen LogP contribution in [0.5, 0.6) is 0 Å². The van der Waals surface area contributed by atoms with Crippen LogP contribution in [0.4, 0.5) is 8.78 Å². The summed E-state index contributed by atoms with van der Waals surface area (Å²) < 4.78 is 29.1. The van der Waals surface area contributed by atoms with Gasteiger partial charge in [-0.2, -0.15) is 5.26 Å². The third-order valence-corrected chi connectivity index (χ3v) is 6.96. The van der Waals surface area contributed by atoms with Gasteiger partial charge in [-0.1, -0.05) is 17.8 Å². The van der Waals surface area contributed by atoms with E-state index in [2.05, 4.69) is 21.0 Å². The first kappa shape index (κ1) is 18.9. The summed E-state index contributed by atoms with van der Waals surface area (Å²) in [5.41, 5.74) is 7.55. The van der Waals surface area contributed by atoms with E-state index in [9.17, 15) is 8.78 Å². The summed E-state index contributed by atoms with van der Waals surface area (Å²) in [6, 6.07) is 10.3. The van der Waals surface area contributed by atoms with Crippen LogP contribution in [0.3, 0.4) is 0 Å². The van der Waals surface area contributed by atoms with Crippen LogP contribution in [-0.4, -0.2) is 27.1 Å². The maximum atomic E-state index is 14.8. The molecule has 3 aromatic rings. The largest absolute Gasteiger partial charge is 0.379 e. The second-order valence-corrected chi connectivity index (χ2v) is 8.92. The number of amidine groups is 1. The third-order valence-electron chi connectivity index (χ3n) is 5.80. The lowest BCUT2D eigenvalue weighted by atomic mass is 9.85. The number of aliphatic imine (C=N–C) groups is 1. The van der Waals surface area contributed by atoms with Gasteiger partial charge in [0.1, 0.15) is 24.1 Å². The Labute approximate surface area is 176 Å². The van der Waals surface area contributed by atoms with Crippen LogP contribution < -0.4 is 5.73 Å². The van der Waals surface area contributed by atoms with Crippen molar-refractivity contribution < 1.29 is 8.78 Å². The Hall–Kier alpha value is -3.05. The molecule has 0 radical (unpaired) electrons. The van der Waals surface area contributed by atoms with Gasteiger partial charge in [-0.3, -0.25) is 9.97 Å². The van der Waals surface area contributed by atoms with Gasteiger partial charge < -0.3 is 5.73 Å². The average Bonchev–Trinajstić information content (AvgIpc) is 3.54. The molecule has 2 aliphatic rings. The lowest BCUT2D eigenvalue weighted by Gasteiger charge is -2.31. The number of halogens is 2. The minimum Gasteiger partial charge on any atom is -0.379 e. The van der Waals surface area contributed by atoms with Crippen LogP contribution in [-0.2, 0) is 12.0 Å². The van der Waals surface area contributed by atoms with Crippen molar-refractivity contribution >= 4 is 27.8 Å². The highest BCUT2D eigenvalue weighted by Gasteiger charge is 2.58. The Bertz CT molecular complexity index is 1240. The molecule has 3 atom stereocenters. The van der Waals surface area contributed by atoms with Crippen molar-refractivity contribution in [3.63, 3.8) is 0 Å².